The quantitative estimate of drug-likeness (QED) is 0.669. The molecule has 0 atom stereocenters. The molecule has 1 heterocycles. The van der Waals surface area contributed by atoms with Gasteiger partial charge in [0.25, 0.3) is 0 Å². The maximum Gasteiger partial charge on any atom is 0.210 e. The van der Waals surface area contributed by atoms with Crippen LogP contribution in [0.5, 0.6) is 5.75 Å². The van der Waals surface area contributed by atoms with Gasteiger partial charge in [-0.05, 0) is 48.4 Å². The van der Waals surface area contributed by atoms with Crippen molar-refractivity contribution in [3.05, 3.63) is 53.6 Å². The zero-order valence-electron chi connectivity index (χ0n) is 11.3. The van der Waals surface area contributed by atoms with Gasteiger partial charge in [0.1, 0.15) is 5.75 Å². The average molecular weight is 282 g/mol. The van der Waals surface area contributed by atoms with E-state index in [1.54, 1.807) is 18.4 Å². The zero-order valence-corrected chi connectivity index (χ0v) is 12.1. The van der Waals surface area contributed by atoms with Crippen molar-refractivity contribution in [1.29, 1.82) is 0 Å². The van der Waals surface area contributed by atoms with Gasteiger partial charge in [-0.3, -0.25) is 0 Å². The fraction of sp³-hybridized carbons (Fsp3) is 0.125. The van der Waals surface area contributed by atoms with Crippen LogP contribution in [0.25, 0.3) is 10.2 Å². The van der Waals surface area contributed by atoms with Crippen molar-refractivity contribution in [2.75, 3.05) is 7.11 Å². The summed E-state index contributed by atoms with van der Waals surface area (Å²) in [6.45, 7) is 2.07. The van der Waals surface area contributed by atoms with E-state index in [0.717, 1.165) is 22.0 Å². The molecule has 3 aromatic rings. The van der Waals surface area contributed by atoms with E-state index in [0.29, 0.717) is 0 Å². The summed E-state index contributed by atoms with van der Waals surface area (Å²) in [6.07, 6.45) is 1.83. The first kappa shape index (κ1) is 12.8. The third kappa shape index (κ3) is 2.56. The van der Waals surface area contributed by atoms with Crippen LogP contribution in [0.1, 0.15) is 11.1 Å². The van der Waals surface area contributed by atoms with Crippen molar-refractivity contribution >= 4 is 32.9 Å². The standard InChI is InChI=1S/C16H14N2OS/c1-11-4-3-5-14-15(11)18-16(20-14)17-10-12-6-8-13(19-2)9-7-12/h3-10H,1-2H3/b17-10+. The van der Waals surface area contributed by atoms with Gasteiger partial charge in [-0.25, -0.2) is 9.98 Å². The van der Waals surface area contributed by atoms with Gasteiger partial charge in [0.2, 0.25) is 5.13 Å². The number of para-hydroxylation sites is 1. The van der Waals surface area contributed by atoms with Crippen LogP contribution >= 0.6 is 11.3 Å². The first-order valence-corrected chi connectivity index (χ1v) is 7.12. The molecular formula is C16H14N2OS. The Bertz CT molecular complexity index is 760. The Morgan fingerprint density at radius 1 is 1.15 bits per heavy atom. The Balaban J connectivity index is 1.88. The lowest BCUT2D eigenvalue weighted by molar-refractivity contribution is 0.415. The number of thiazole rings is 1. The Hall–Kier alpha value is -2.20. The molecule has 0 saturated carbocycles. The van der Waals surface area contributed by atoms with Crippen LogP contribution < -0.4 is 4.74 Å². The molecule has 0 aliphatic rings. The SMILES string of the molecule is COc1ccc(/C=N/c2nc3c(C)cccc3s2)cc1. The molecule has 3 nitrogen and oxygen atoms in total. The van der Waals surface area contributed by atoms with E-state index in [-0.39, 0.29) is 0 Å². The van der Waals surface area contributed by atoms with Crippen molar-refractivity contribution in [3.63, 3.8) is 0 Å². The molecule has 0 bridgehead atoms. The molecule has 0 fully saturated rings. The van der Waals surface area contributed by atoms with Gasteiger partial charge < -0.3 is 4.74 Å². The first-order chi connectivity index (χ1) is 9.76. The topological polar surface area (TPSA) is 34.5 Å². The third-order valence-electron chi connectivity index (χ3n) is 3.05. The molecule has 0 radical (unpaired) electrons. The van der Waals surface area contributed by atoms with Crippen molar-refractivity contribution < 1.29 is 4.74 Å². The largest absolute Gasteiger partial charge is 0.497 e. The van der Waals surface area contributed by atoms with Gasteiger partial charge in [0.05, 0.1) is 17.3 Å². The summed E-state index contributed by atoms with van der Waals surface area (Å²) in [5.74, 6) is 0.845. The number of nitrogens with zero attached hydrogens (tertiary/aromatic N) is 2. The number of hydrogen-bond acceptors (Lipinski definition) is 4. The Morgan fingerprint density at radius 3 is 2.65 bits per heavy atom. The molecular weight excluding hydrogens is 268 g/mol. The van der Waals surface area contributed by atoms with Crippen LogP contribution in [0.4, 0.5) is 5.13 Å². The van der Waals surface area contributed by atoms with Crippen molar-refractivity contribution in [1.82, 2.24) is 4.98 Å². The van der Waals surface area contributed by atoms with E-state index < -0.39 is 0 Å². The molecule has 0 unspecified atom stereocenters. The Kier molecular flexibility index (Phi) is 3.48. The second-order valence-corrected chi connectivity index (χ2v) is 5.46. The number of benzene rings is 2. The molecule has 0 saturated heterocycles. The Labute approximate surface area is 121 Å². The molecule has 0 aliphatic heterocycles. The van der Waals surface area contributed by atoms with E-state index in [4.69, 9.17) is 4.74 Å². The number of aryl methyl sites for hydroxylation is 1. The van der Waals surface area contributed by atoms with Gasteiger partial charge >= 0.3 is 0 Å². The minimum absolute atomic E-state index is 0.783. The number of rotatable bonds is 3. The van der Waals surface area contributed by atoms with E-state index in [2.05, 4.69) is 29.0 Å². The average Bonchev–Trinajstić information content (AvgIpc) is 2.90. The molecule has 0 spiro atoms. The summed E-state index contributed by atoms with van der Waals surface area (Å²) in [7, 11) is 1.66. The molecule has 3 rings (SSSR count). The fourth-order valence-corrected chi connectivity index (χ4v) is 2.84. The van der Waals surface area contributed by atoms with Crippen LogP contribution in [-0.2, 0) is 0 Å². The fourth-order valence-electron chi connectivity index (χ4n) is 1.95. The number of fused-ring (bicyclic) bond motifs is 1. The summed E-state index contributed by atoms with van der Waals surface area (Å²) in [5, 5.41) is 0.783. The van der Waals surface area contributed by atoms with E-state index in [1.165, 1.54) is 10.3 Å². The normalized spacial score (nSPS) is 11.3. The summed E-state index contributed by atoms with van der Waals surface area (Å²) in [6, 6.07) is 14.0. The monoisotopic (exact) mass is 282 g/mol. The van der Waals surface area contributed by atoms with Crippen molar-refractivity contribution in [2.45, 2.75) is 6.92 Å². The maximum absolute atomic E-state index is 5.13. The van der Waals surface area contributed by atoms with Gasteiger partial charge in [-0.15, -0.1) is 0 Å². The lowest BCUT2D eigenvalue weighted by Gasteiger charge is -1.98. The molecule has 1 aromatic heterocycles. The number of hydrogen-bond donors (Lipinski definition) is 0. The molecule has 100 valence electrons. The molecule has 0 aliphatic carbocycles. The first-order valence-electron chi connectivity index (χ1n) is 6.30. The Morgan fingerprint density at radius 2 is 1.95 bits per heavy atom. The number of ether oxygens (including phenoxy) is 1. The minimum atomic E-state index is 0.783. The smallest absolute Gasteiger partial charge is 0.210 e. The van der Waals surface area contributed by atoms with Crippen LogP contribution in [0.15, 0.2) is 47.5 Å². The number of aromatic nitrogens is 1. The predicted octanol–water partition coefficient (Wildman–Crippen LogP) is 4.36. The third-order valence-corrected chi connectivity index (χ3v) is 3.98. The zero-order chi connectivity index (χ0) is 13.9. The van der Waals surface area contributed by atoms with Crippen molar-refractivity contribution in [2.24, 2.45) is 4.99 Å². The van der Waals surface area contributed by atoms with Crippen LogP contribution in [0, 0.1) is 6.92 Å². The van der Waals surface area contributed by atoms with Crippen molar-refractivity contribution in [3.8, 4) is 5.75 Å². The van der Waals surface area contributed by atoms with E-state index >= 15 is 0 Å². The lowest BCUT2D eigenvalue weighted by atomic mass is 10.2. The van der Waals surface area contributed by atoms with Gasteiger partial charge in [-0.1, -0.05) is 23.5 Å². The van der Waals surface area contributed by atoms with Crippen LogP contribution in [0.3, 0.4) is 0 Å². The molecule has 0 N–H and O–H groups in total. The second kappa shape index (κ2) is 5.43. The highest BCUT2D eigenvalue weighted by atomic mass is 32.1. The van der Waals surface area contributed by atoms with Gasteiger partial charge in [-0.2, -0.15) is 0 Å². The summed E-state index contributed by atoms with van der Waals surface area (Å²) in [5.41, 5.74) is 3.26. The summed E-state index contributed by atoms with van der Waals surface area (Å²) in [4.78, 5) is 9.01. The molecule has 0 amide bonds. The minimum Gasteiger partial charge on any atom is -0.497 e. The van der Waals surface area contributed by atoms with Crippen LogP contribution in [0.2, 0.25) is 0 Å². The molecule has 4 heteroatoms. The lowest BCUT2D eigenvalue weighted by Crippen LogP contribution is -1.84. The second-order valence-electron chi connectivity index (χ2n) is 4.45. The van der Waals surface area contributed by atoms with Gasteiger partial charge in [0.15, 0.2) is 0 Å². The summed E-state index contributed by atoms with van der Waals surface area (Å²) >= 11 is 1.60. The highest BCUT2D eigenvalue weighted by molar-refractivity contribution is 7.22. The highest BCUT2D eigenvalue weighted by Gasteiger charge is 2.03. The number of methoxy groups -OCH3 is 1. The predicted molar refractivity (Wildman–Crippen MR) is 84.6 cm³/mol. The molecule has 20 heavy (non-hydrogen) atoms. The number of aliphatic imine (C=N–C) groups is 1. The van der Waals surface area contributed by atoms with Gasteiger partial charge in [0, 0.05) is 6.21 Å². The molecule has 2 aromatic carbocycles. The highest BCUT2D eigenvalue weighted by Crippen LogP contribution is 2.29. The van der Waals surface area contributed by atoms with Crippen LogP contribution in [-0.4, -0.2) is 18.3 Å². The summed E-state index contributed by atoms with van der Waals surface area (Å²) < 4.78 is 6.30. The maximum atomic E-state index is 5.13. The van der Waals surface area contributed by atoms with E-state index in [9.17, 15) is 0 Å². The van der Waals surface area contributed by atoms with E-state index in [1.807, 2.05) is 36.5 Å².